The molecular weight excluding hydrogens is 394 g/mol. The fourth-order valence-corrected chi connectivity index (χ4v) is 3.59. The van der Waals surface area contributed by atoms with Crippen LogP contribution in [0.2, 0.25) is 0 Å². The predicted octanol–water partition coefficient (Wildman–Crippen LogP) is 2.18. The highest BCUT2D eigenvalue weighted by Crippen LogP contribution is 2.32. The minimum absolute atomic E-state index is 0.304. The zero-order valence-corrected chi connectivity index (χ0v) is 17.4. The number of aromatic amines is 1. The maximum absolute atomic E-state index is 12.9. The molecule has 2 heterocycles. The number of aryl methyl sites for hydroxylation is 1. The number of nitrogens with zero attached hydrogens (tertiary/aromatic N) is 6. The summed E-state index contributed by atoms with van der Waals surface area (Å²) in [5, 5.41) is 14.2. The van der Waals surface area contributed by atoms with E-state index >= 15 is 0 Å². The molecule has 9 nitrogen and oxygen atoms in total. The number of hydrogen-bond donors (Lipinski definition) is 1. The molecule has 0 saturated carbocycles. The lowest BCUT2D eigenvalue weighted by atomic mass is 9.95. The summed E-state index contributed by atoms with van der Waals surface area (Å²) in [5.74, 6) is 1.08. The summed E-state index contributed by atoms with van der Waals surface area (Å²) in [4.78, 5) is 29.2. The monoisotopic (exact) mass is 417 g/mol. The van der Waals surface area contributed by atoms with Crippen molar-refractivity contribution in [3.05, 3.63) is 80.9 Å². The van der Waals surface area contributed by atoms with Gasteiger partial charge in [-0.25, -0.2) is 19.3 Å². The van der Waals surface area contributed by atoms with Gasteiger partial charge in [0.25, 0.3) is 0 Å². The van der Waals surface area contributed by atoms with Crippen LogP contribution < -0.4 is 11.4 Å². The SMILES string of the molecule is CCCCc1nc(=O)n(C)c(=O)n1Cc1ccccc1-c1ccccc1-c1nnn[nH]1. The average Bonchev–Trinajstić information content (AvgIpc) is 3.33. The molecule has 2 aromatic carbocycles. The van der Waals surface area contributed by atoms with Gasteiger partial charge < -0.3 is 0 Å². The van der Waals surface area contributed by atoms with Crippen LogP contribution in [-0.4, -0.2) is 34.7 Å². The van der Waals surface area contributed by atoms with Crippen LogP contribution in [0.15, 0.2) is 58.1 Å². The van der Waals surface area contributed by atoms with Crippen LogP contribution in [-0.2, 0) is 20.0 Å². The second kappa shape index (κ2) is 8.86. The molecule has 0 fully saturated rings. The molecule has 31 heavy (non-hydrogen) atoms. The standard InChI is InChI=1S/C22H23N7O2/c1-3-4-13-19-23-21(30)28(2)22(31)29(19)14-15-9-5-6-10-16(15)17-11-7-8-12-18(17)20-24-26-27-25-20/h5-12H,3-4,13-14H2,1-2H3,(H,24,25,26,27). The Balaban J connectivity index is 1.84. The van der Waals surface area contributed by atoms with Crippen LogP contribution in [0.4, 0.5) is 0 Å². The quantitative estimate of drug-likeness (QED) is 0.493. The Labute approximate surface area is 178 Å². The third-order valence-electron chi connectivity index (χ3n) is 5.26. The molecular formula is C22H23N7O2. The van der Waals surface area contributed by atoms with E-state index in [0.717, 1.165) is 39.7 Å². The molecule has 1 N–H and O–H groups in total. The summed E-state index contributed by atoms with van der Waals surface area (Å²) in [7, 11) is 1.45. The maximum Gasteiger partial charge on any atom is 0.353 e. The highest BCUT2D eigenvalue weighted by atomic mass is 16.2. The van der Waals surface area contributed by atoms with Crippen LogP contribution >= 0.6 is 0 Å². The molecule has 2 aromatic heterocycles. The number of rotatable bonds is 7. The lowest BCUT2D eigenvalue weighted by Gasteiger charge is -2.16. The van der Waals surface area contributed by atoms with Gasteiger partial charge in [0.05, 0.1) is 6.54 Å². The summed E-state index contributed by atoms with van der Waals surface area (Å²) in [6.07, 6.45) is 2.37. The van der Waals surface area contributed by atoms with Crippen molar-refractivity contribution < 1.29 is 0 Å². The molecule has 0 atom stereocenters. The molecule has 4 rings (SSSR count). The van der Waals surface area contributed by atoms with Crippen molar-refractivity contribution in [1.29, 1.82) is 0 Å². The lowest BCUT2D eigenvalue weighted by Crippen LogP contribution is -2.42. The fourth-order valence-electron chi connectivity index (χ4n) is 3.59. The first-order valence-corrected chi connectivity index (χ1v) is 10.2. The minimum Gasteiger partial charge on any atom is -0.277 e. The van der Waals surface area contributed by atoms with Crippen molar-refractivity contribution in [2.45, 2.75) is 32.7 Å². The van der Waals surface area contributed by atoms with Crippen LogP contribution in [0.1, 0.15) is 31.2 Å². The Bertz CT molecular complexity index is 1310. The Kier molecular flexibility index (Phi) is 5.83. The molecule has 4 aromatic rings. The van der Waals surface area contributed by atoms with Crippen molar-refractivity contribution in [3.63, 3.8) is 0 Å². The molecule has 0 amide bonds. The van der Waals surface area contributed by atoms with Crippen molar-refractivity contribution in [2.24, 2.45) is 7.05 Å². The molecule has 0 aliphatic rings. The number of tetrazole rings is 1. The van der Waals surface area contributed by atoms with E-state index in [0.29, 0.717) is 24.6 Å². The van der Waals surface area contributed by atoms with Gasteiger partial charge in [0.1, 0.15) is 5.82 Å². The van der Waals surface area contributed by atoms with Crippen molar-refractivity contribution in [1.82, 2.24) is 34.7 Å². The molecule has 0 bridgehead atoms. The number of unbranched alkanes of at least 4 members (excludes halogenated alkanes) is 1. The summed E-state index contributed by atoms with van der Waals surface area (Å²) in [6.45, 7) is 2.37. The van der Waals surface area contributed by atoms with Crippen molar-refractivity contribution >= 4 is 0 Å². The van der Waals surface area contributed by atoms with Gasteiger partial charge >= 0.3 is 11.4 Å². The summed E-state index contributed by atoms with van der Waals surface area (Å²) in [6, 6.07) is 15.7. The van der Waals surface area contributed by atoms with Gasteiger partial charge in [0.2, 0.25) is 0 Å². The van der Waals surface area contributed by atoms with E-state index < -0.39 is 5.69 Å². The Hall–Kier alpha value is -3.88. The normalized spacial score (nSPS) is 11.0. The van der Waals surface area contributed by atoms with E-state index in [1.54, 1.807) is 4.57 Å². The minimum atomic E-state index is -0.524. The molecule has 158 valence electrons. The molecule has 0 spiro atoms. The lowest BCUT2D eigenvalue weighted by molar-refractivity contribution is 0.559. The third-order valence-corrected chi connectivity index (χ3v) is 5.26. The first-order chi connectivity index (χ1) is 15.1. The zero-order valence-electron chi connectivity index (χ0n) is 17.4. The summed E-state index contributed by atoms with van der Waals surface area (Å²) in [5.41, 5.74) is 2.80. The predicted molar refractivity (Wildman–Crippen MR) is 117 cm³/mol. The van der Waals surface area contributed by atoms with Gasteiger partial charge in [-0.3, -0.25) is 4.57 Å². The molecule has 9 heteroatoms. The topological polar surface area (TPSA) is 111 Å². The van der Waals surface area contributed by atoms with Gasteiger partial charge in [-0.2, -0.15) is 4.98 Å². The van der Waals surface area contributed by atoms with E-state index in [1.807, 2.05) is 48.5 Å². The molecule has 0 saturated heterocycles. The Morgan fingerprint density at radius 1 is 0.968 bits per heavy atom. The zero-order chi connectivity index (χ0) is 21.8. The molecule has 0 aliphatic carbocycles. The first kappa shape index (κ1) is 20.4. The van der Waals surface area contributed by atoms with Crippen LogP contribution in [0.25, 0.3) is 22.5 Å². The van der Waals surface area contributed by atoms with Gasteiger partial charge in [0, 0.05) is 19.0 Å². The Morgan fingerprint density at radius 3 is 2.39 bits per heavy atom. The van der Waals surface area contributed by atoms with Crippen LogP contribution in [0, 0.1) is 0 Å². The largest absolute Gasteiger partial charge is 0.353 e. The van der Waals surface area contributed by atoms with Gasteiger partial charge in [-0.1, -0.05) is 61.9 Å². The number of hydrogen-bond acceptors (Lipinski definition) is 6. The van der Waals surface area contributed by atoms with E-state index in [-0.39, 0.29) is 5.69 Å². The molecule has 0 unspecified atom stereocenters. The van der Waals surface area contributed by atoms with Gasteiger partial charge in [-0.15, -0.1) is 5.10 Å². The van der Waals surface area contributed by atoms with E-state index in [4.69, 9.17) is 0 Å². The average molecular weight is 417 g/mol. The second-order valence-electron chi connectivity index (χ2n) is 7.29. The van der Waals surface area contributed by atoms with Gasteiger partial charge in [-0.05, 0) is 33.5 Å². The van der Waals surface area contributed by atoms with E-state index in [2.05, 4.69) is 32.5 Å². The number of nitrogens with one attached hydrogen (secondary N) is 1. The second-order valence-corrected chi connectivity index (χ2v) is 7.29. The summed E-state index contributed by atoms with van der Waals surface area (Å²) < 4.78 is 2.64. The van der Waals surface area contributed by atoms with E-state index in [1.165, 1.54) is 7.05 Å². The van der Waals surface area contributed by atoms with Crippen molar-refractivity contribution in [2.75, 3.05) is 0 Å². The van der Waals surface area contributed by atoms with Crippen LogP contribution in [0.3, 0.4) is 0 Å². The maximum atomic E-state index is 12.9. The van der Waals surface area contributed by atoms with E-state index in [9.17, 15) is 9.59 Å². The highest BCUT2D eigenvalue weighted by Gasteiger charge is 2.16. The van der Waals surface area contributed by atoms with Gasteiger partial charge in [0.15, 0.2) is 5.82 Å². The number of aromatic nitrogens is 7. The van der Waals surface area contributed by atoms with Crippen molar-refractivity contribution in [3.8, 4) is 22.5 Å². The smallest absolute Gasteiger partial charge is 0.277 e. The van der Waals surface area contributed by atoms with Crippen LogP contribution in [0.5, 0.6) is 0 Å². The molecule has 0 aliphatic heterocycles. The number of H-pyrrole nitrogens is 1. The first-order valence-electron chi connectivity index (χ1n) is 10.2. The third kappa shape index (κ3) is 4.07. The summed E-state index contributed by atoms with van der Waals surface area (Å²) >= 11 is 0. The highest BCUT2D eigenvalue weighted by molar-refractivity contribution is 5.82. The molecule has 0 radical (unpaired) electrons. The Morgan fingerprint density at radius 2 is 1.68 bits per heavy atom. The fraction of sp³-hybridized carbons (Fsp3) is 0.273. The number of benzene rings is 2.